The number of nitrogens with zero attached hydrogens (tertiary/aromatic N) is 7. The number of halogens is 2. The second kappa shape index (κ2) is 9.23. The van der Waals surface area contributed by atoms with E-state index in [1.165, 1.54) is 25.6 Å². The summed E-state index contributed by atoms with van der Waals surface area (Å²) >= 11 is 0. The zero-order chi connectivity index (χ0) is 25.6. The molecule has 1 aromatic carbocycles. The zero-order valence-corrected chi connectivity index (χ0v) is 20.9. The van der Waals surface area contributed by atoms with Gasteiger partial charge >= 0.3 is 5.69 Å². The van der Waals surface area contributed by atoms with Gasteiger partial charge in [-0.15, -0.1) is 0 Å². The van der Waals surface area contributed by atoms with Gasteiger partial charge in [0.15, 0.2) is 11.6 Å². The Bertz CT molecular complexity index is 1340. The van der Waals surface area contributed by atoms with Crippen LogP contribution in [0.3, 0.4) is 0 Å². The molecule has 0 unspecified atom stereocenters. The Morgan fingerprint density at radius 2 is 2.00 bits per heavy atom. The van der Waals surface area contributed by atoms with Crippen LogP contribution in [0.15, 0.2) is 23.1 Å². The van der Waals surface area contributed by atoms with Crippen molar-refractivity contribution < 1.29 is 8.78 Å². The molecule has 2 atom stereocenters. The summed E-state index contributed by atoms with van der Waals surface area (Å²) in [5, 5.41) is 13.7. The van der Waals surface area contributed by atoms with Crippen molar-refractivity contribution in [2.75, 3.05) is 17.2 Å². The van der Waals surface area contributed by atoms with Crippen LogP contribution >= 0.6 is 0 Å². The molecule has 0 amide bonds. The highest BCUT2D eigenvalue weighted by atomic mass is 19.1. The van der Waals surface area contributed by atoms with Gasteiger partial charge in [0, 0.05) is 24.7 Å². The van der Waals surface area contributed by atoms with E-state index < -0.39 is 17.3 Å². The van der Waals surface area contributed by atoms with Gasteiger partial charge in [0.25, 0.3) is 0 Å². The molecule has 2 aromatic heterocycles. The fraction of sp³-hybridized carbons (Fsp3) is 0.542. The van der Waals surface area contributed by atoms with Gasteiger partial charge in [0.2, 0.25) is 5.95 Å². The van der Waals surface area contributed by atoms with Crippen LogP contribution in [-0.4, -0.2) is 58.8 Å². The van der Waals surface area contributed by atoms with E-state index in [9.17, 15) is 13.6 Å². The number of hydrogen-bond donors (Lipinski definition) is 2. The molecule has 4 heterocycles. The zero-order valence-electron chi connectivity index (χ0n) is 20.9. The van der Waals surface area contributed by atoms with Crippen molar-refractivity contribution in [3.8, 4) is 5.69 Å². The summed E-state index contributed by atoms with van der Waals surface area (Å²) in [6.45, 7) is 7.41. The van der Waals surface area contributed by atoms with E-state index in [-0.39, 0.29) is 29.0 Å². The summed E-state index contributed by atoms with van der Waals surface area (Å²) in [5.74, 6) is -1.00. The molecule has 36 heavy (non-hydrogen) atoms. The third-order valence-electron chi connectivity index (χ3n) is 7.29. The first-order valence-electron chi connectivity index (χ1n) is 12.3. The van der Waals surface area contributed by atoms with E-state index in [0.717, 1.165) is 41.4 Å². The van der Waals surface area contributed by atoms with Crippen LogP contribution in [-0.2, 0) is 13.5 Å². The minimum atomic E-state index is -0.569. The number of aryl methyl sites for hydroxylation is 2. The Morgan fingerprint density at radius 1 is 1.19 bits per heavy atom. The Kier molecular flexibility index (Phi) is 6.23. The third-order valence-corrected chi connectivity index (χ3v) is 7.29. The quantitative estimate of drug-likeness (QED) is 0.533. The van der Waals surface area contributed by atoms with Crippen molar-refractivity contribution in [2.45, 2.75) is 70.5 Å². The Hall–Kier alpha value is -3.41. The van der Waals surface area contributed by atoms with Crippen LogP contribution < -0.4 is 16.3 Å². The molecular weight excluding hydrogens is 468 g/mol. The molecule has 0 bridgehead atoms. The van der Waals surface area contributed by atoms with Crippen molar-refractivity contribution in [1.82, 2.24) is 34.7 Å². The summed E-state index contributed by atoms with van der Waals surface area (Å²) in [6, 6.07) is 3.33. The number of tetrazole rings is 1. The van der Waals surface area contributed by atoms with Gasteiger partial charge in [-0.05, 0) is 80.6 Å². The van der Waals surface area contributed by atoms with Crippen LogP contribution in [0, 0.1) is 11.6 Å². The van der Waals surface area contributed by atoms with Gasteiger partial charge in [0.1, 0.15) is 5.82 Å². The summed E-state index contributed by atoms with van der Waals surface area (Å²) in [4.78, 5) is 23.3. The second-order valence-corrected chi connectivity index (χ2v) is 10.2. The lowest BCUT2D eigenvalue weighted by molar-refractivity contribution is 0.0500. The molecule has 5 rings (SSSR count). The number of piperidine rings is 1. The molecule has 2 N–H and O–H groups in total. The normalized spacial score (nSPS) is 21.4. The van der Waals surface area contributed by atoms with Crippen molar-refractivity contribution in [1.29, 1.82) is 0 Å². The largest absolute Gasteiger partial charge is 0.368 e. The maximum Gasteiger partial charge on any atom is 0.368 e. The molecule has 0 aliphatic carbocycles. The van der Waals surface area contributed by atoms with Crippen LogP contribution in [0.25, 0.3) is 5.69 Å². The molecule has 10 nitrogen and oxygen atoms in total. The van der Waals surface area contributed by atoms with E-state index in [4.69, 9.17) is 0 Å². The Morgan fingerprint density at radius 3 is 2.72 bits per heavy atom. The van der Waals surface area contributed by atoms with Crippen molar-refractivity contribution in [3.05, 3.63) is 46.0 Å². The van der Waals surface area contributed by atoms with E-state index in [0.29, 0.717) is 23.7 Å². The molecule has 192 valence electrons. The fourth-order valence-electron chi connectivity index (χ4n) is 5.61. The first-order valence-corrected chi connectivity index (χ1v) is 12.3. The highest BCUT2D eigenvalue weighted by molar-refractivity contribution is 5.61. The van der Waals surface area contributed by atoms with E-state index >= 15 is 0 Å². The molecule has 0 saturated carbocycles. The first-order chi connectivity index (χ1) is 17.2. The molecule has 2 fully saturated rings. The molecular formula is C24H31F2N9O. The van der Waals surface area contributed by atoms with Crippen LogP contribution in [0.4, 0.5) is 26.2 Å². The smallest absolute Gasteiger partial charge is 0.365 e. The van der Waals surface area contributed by atoms with Gasteiger partial charge < -0.3 is 10.6 Å². The molecule has 0 spiro atoms. The lowest BCUT2D eigenvalue weighted by Gasteiger charge is -2.47. The highest BCUT2D eigenvalue weighted by Crippen LogP contribution is 2.38. The van der Waals surface area contributed by atoms with Gasteiger partial charge in [-0.2, -0.15) is 14.3 Å². The summed E-state index contributed by atoms with van der Waals surface area (Å²) in [7, 11) is 1.48. The van der Waals surface area contributed by atoms with Gasteiger partial charge in [0.05, 0.1) is 17.6 Å². The van der Waals surface area contributed by atoms with Gasteiger partial charge in [-0.1, -0.05) is 6.92 Å². The standard InChI is InChI=1S/C24H31F2N9O/c1-5-14-9-17(25)19(11-20(14)35-23(36)33(4)31-32-35)29-22-27-13-18(26)21(30-22)28-15-10-16-7-6-8-34(16)24(2,3)12-15/h9,11,13,15-16H,5-8,10,12H2,1-4H3,(H2,27,28,29,30)/t15-,16+/m1/s1. The predicted octanol–water partition coefficient (Wildman–Crippen LogP) is 3.16. The molecule has 3 aromatic rings. The Balaban J connectivity index is 1.41. The SMILES string of the molecule is CCc1cc(F)c(Nc2ncc(F)c(N[C@@H]3C[C@@H]4CCCN4C(C)(C)C3)n2)cc1-n1nnn(C)c1=O. The van der Waals surface area contributed by atoms with Crippen molar-refractivity contribution in [3.63, 3.8) is 0 Å². The molecule has 2 aliphatic heterocycles. The van der Waals surface area contributed by atoms with Crippen LogP contribution in [0.5, 0.6) is 0 Å². The number of rotatable bonds is 6. The van der Waals surface area contributed by atoms with E-state index in [1.807, 2.05) is 6.92 Å². The number of anilines is 3. The van der Waals surface area contributed by atoms with Gasteiger partial charge in [-0.3, -0.25) is 4.90 Å². The number of fused-ring (bicyclic) bond motifs is 1. The van der Waals surface area contributed by atoms with Crippen LogP contribution in [0.1, 0.15) is 52.0 Å². The second-order valence-electron chi connectivity index (χ2n) is 10.2. The maximum atomic E-state index is 14.9. The minimum absolute atomic E-state index is 0.0145. The van der Waals surface area contributed by atoms with Crippen LogP contribution in [0.2, 0.25) is 0 Å². The molecule has 2 saturated heterocycles. The lowest BCUT2D eigenvalue weighted by atomic mass is 9.84. The van der Waals surface area contributed by atoms with Crippen molar-refractivity contribution in [2.24, 2.45) is 7.05 Å². The highest BCUT2D eigenvalue weighted by Gasteiger charge is 2.43. The molecule has 2 aliphatic rings. The topological polar surface area (TPSA) is 106 Å². The first kappa shape index (κ1) is 24.3. The van der Waals surface area contributed by atoms with Gasteiger partial charge in [-0.25, -0.2) is 18.6 Å². The third kappa shape index (κ3) is 4.45. The van der Waals surface area contributed by atoms with E-state index in [2.05, 4.69) is 49.8 Å². The van der Waals surface area contributed by atoms with E-state index in [1.54, 1.807) is 0 Å². The maximum absolute atomic E-state index is 14.9. The number of benzene rings is 1. The summed E-state index contributed by atoms with van der Waals surface area (Å²) < 4.78 is 31.8. The predicted molar refractivity (Wildman–Crippen MR) is 132 cm³/mol. The fourth-order valence-corrected chi connectivity index (χ4v) is 5.61. The molecule has 0 radical (unpaired) electrons. The summed E-state index contributed by atoms with van der Waals surface area (Å²) in [6.07, 6.45) is 5.65. The minimum Gasteiger partial charge on any atom is -0.365 e. The average molecular weight is 500 g/mol. The summed E-state index contributed by atoms with van der Waals surface area (Å²) in [5.41, 5.74) is 0.579. The number of nitrogens with one attached hydrogen (secondary N) is 2. The number of hydrogen-bond acceptors (Lipinski definition) is 8. The monoisotopic (exact) mass is 499 g/mol. The van der Waals surface area contributed by atoms with Crippen molar-refractivity contribution >= 4 is 17.5 Å². The molecule has 12 heteroatoms. The average Bonchev–Trinajstić information content (AvgIpc) is 3.44. The Labute approximate surface area is 207 Å². The lowest BCUT2D eigenvalue weighted by Crippen LogP contribution is -2.55. The number of aromatic nitrogens is 6.